The minimum atomic E-state index is -0.648. The second kappa shape index (κ2) is 5.92. The third kappa shape index (κ3) is 3.27. The molecule has 0 fully saturated rings. The molecule has 3 nitrogen and oxygen atoms in total. The normalized spacial score (nSPS) is 10.3. The van der Waals surface area contributed by atoms with E-state index in [1.807, 2.05) is 19.1 Å². The lowest BCUT2D eigenvalue weighted by atomic mass is 10.1. The van der Waals surface area contributed by atoms with Gasteiger partial charge in [-0.25, -0.2) is 4.39 Å². The van der Waals surface area contributed by atoms with Crippen molar-refractivity contribution in [1.82, 2.24) is 0 Å². The first kappa shape index (κ1) is 14.3. The van der Waals surface area contributed by atoms with Crippen LogP contribution in [-0.2, 0) is 6.54 Å². The Labute approximate surface area is 121 Å². The smallest absolute Gasteiger partial charge is 0.248 e. The first-order chi connectivity index (χ1) is 9.47. The maximum absolute atomic E-state index is 13.8. The molecule has 104 valence electrons. The Hall–Kier alpha value is -2.07. The van der Waals surface area contributed by atoms with Crippen LogP contribution in [0, 0.1) is 12.7 Å². The van der Waals surface area contributed by atoms with Gasteiger partial charge in [0.1, 0.15) is 5.82 Å². The van der Waals surface area contributed by atoms with E-state index in [0.29, 0.717) is 10.6 Å². The predicted molar refractivity (Wildman–Crippen MR) is 78.4 cm³/mol. The van der Waals surface area contributed by atoms with E-state index in [0.717, 1.165) is 17.3 Å². The minimum absolute atomic E-state index is 0.153. The highest BCUT2D eigenvalue weighted by atomic mass is 35.5. The van der Waals surface area contributed by atoms with Gasteiger partial charge in [0, 0.05) is 17.7 Å². The summed E-state index contributed by atoms with van der Waals surface area (Å²) in [6.45, 7) is 2.22. The van der Waals surface area contributed by atoms with E-state index in [1.165, 1.54) is 12.1 Å². The topological polar surface area (TPSA) is 55.1 Å². The number of benzene rings is 2. The number of hydrogen-bond donors (Lipinski definition) is 2. The van der Waals surface area contributed by atoms with Crippen molar-refractivity contribution in [1.29, 1.82) is 0 Å². The van der Waals surface area contributed by atoms with E-state index in [1.54, 1.807) is 6.07 Å². The van der Waals surface area contributed by atoms with Crippen LogP contribution in [0.25, 0.3) is 0 Å². The molecule has 0 aromatic heterocycles. The van der Waals surface area contributed by atoms with Crippen molar-refractivity contribution in [2.24, 2.45) is 5.73 Å². The third-order valence-electron chi connectivity index (χ3n) is 2.93. The predicted octanol–water partition coefficient (Wildman–Crippen LogP) is 3.50. The number of halogens is 2. The monoisotopic (exact) mass is 292 g/mol. The summed E-state index contributed by atoms with van der Waals surface area (Å²) in [6, 6.07) is 9.74. The Balaban J connectivity index is 2.15. The SMILES string of the molecule is Cc1ccc(Cl)c(NCc2ccc(C(N)=O)cc2F)c1. The van der Waals surface area contributed by atoms with Gasteiger partial charge in [-0.1, -0.05) is 23.7 Å². The number of rotatable bonds is 4. The Kier molecular flexibility index (Phi) is 4.25. The van der Waals surface area contributed by atoms with Crippen molar-refractivity contribution in [3.05, 3.63) is 63.9 Å². The van der Waals surface area contributed by atoms with Gasteiger partial charge in [-0.2, -0.15) is 0 Å². The van der Waals surface area contributed by atoms with Gasteiger partial charge in [-0.15, -0.1) is 0 Å². The Morgan fingerprint density at radius 3 is 2.70 bits per heavy atom. The van der Waals surface area contributed by atoms with E-state index in [9.17, 15) is 9.18 Å². The number of carbonyl (C=O) groups is 1. The molecule has 2 aromatic rings. The molecule has 5 heteroatoms. The fraction of sp³-hybridized carbons (Fsp3) is 0.133. The molecule has 0 aliphatic heterocycles. The highest BCUT2D eigenvalue weighted by Gasteiger charge is 2.08. The molecule has 0 unspecified atom stereocenters. The lowest BCUT2D eigenvalue weighted by Crippen LogP contribution is -2.12. The molecule has 0 spiro atoms. The number of nitrogens with one attached hydrogen (secondary N) is 1. The maximum Gasteiger partial charge on any atom is 0.248 e. The molecule has 0 heterocycles. The molecule has 0 atom stereocenters. The fourth-order valence-electron chi connectivity index (χ4n) is 1.81. The summed E-state index contributed by atoms with van der Waals surface area (Å²) in [5.41, 5.74) is 7.48. The molecule has 3 N–H and O–H groups in total. The summed E-state index contributed by atoms with van der Waals surface area (Å²) in [5, 5.41) is 3.65. The molecular formula is C15H14ClFN2O. The number of anilines is 1. The molecule has 0 aliphatic carbocycles. The van der Waals surface area contributed by atoms with Crippen LogP contribution >= 0.6 is 11.6 Å². The zero-order valence-corrected chi connectivity index (χ0v) is 11.7. The lowest BCUT2D eigenvalue weighted by molar-refractivity contribution is 0.1000. The van der Waals surface area contributed by atoms with E-state index >= 15 is 0 Å². The van der Waals surface area contributed by atoms with Crippen LogP contribution in [0.5, 0.6) is 0 Å². The van der Waals surface area contributed by atoms with E-state index in [4.69, 9.17) is 17.3 Å². The van der Waals surface area contributed by atoms with Crippen molar-refractivity contribution in [2.75, 3.05) is 5.32 Å². The molecule has 0 saturated carbocycles. The number of nitrogens with two attached hydrogens (primary N) is 1. The largest absolute Gasteiger partial charge is 0.380 e. The van der Waals surface area contributed by atoms with Gasteiger partial charge in [-0.05, 0) is 36.8 Å². The summed E-state index contributed by atoms with van der Waals surface area (Å²) in [5.74, 6) is -1.12. The highest BCUT2D eigenvalue weighted by Crippen LogP contribution is 2.23. The summed E-state index contributed by atoms with van der Waals surface area (Å²) in [4.78, 5) is 10.9. The summed E-state index contributed by atoms with van der Waals surface area (Å²) in [6.07, 6.45) is 0. The molecule has 2 aromatic carbocycles. The molecule has 20 heavy (non-hydrogen) atoms. The number of carbonyl (C=O) groups excluding carboxylic acids is 1. The van der Waals surface area contributed by atoms with Crippen LogP contribution in [0.4, 0.5) is 10.1 Å². The van der Waals surface area contributed by atoms with Gasteiger partial charge in [0.15, 0.2) is 0 Å². The average Bonchev–Trinajstić information content (AvgIpc) is 2.40. The van der Waals surface area contributed by atoms with Gasteiger partial charge >= 0.3 is 0 Å². The van der Waals surface area contributed by atoms with Gasteiger partial charge in [-0.3, -0.25) is 4.79 Å². The van der Waals surface area contributed by atoms with Crippen molar-refractivity contribution in [3.63, 3.8) is 0 Å². The highest BCUT2D eigenvalue weighted by molar-refractivity contribution is 6.33. The van der Waals surface area contributed by atoms with Crippen LogP contribution in [0.1, 0.15) is 21.5 Å². The second-order valence-corrected chi connectivity index (χ2v) is 4.91. The average molecular weight is 293 g/mol. The Morgan fingerprint density at radius 1 is 1.30 bits per heavy atom. The summed E-state index contributed by atoms with van der Waals surface area (Å²) in [7, 11) is 0. The van der Waals surface area contributed by atoms with Crippen molar-refractivity contribution < 1.29 is 9.18 Å². The van der Waals surface area contributed by atoms with Crippen molar-refractivity contribution >= 4 is 23.2 Å². The van der Waals surface area contributed by atoms with E-state index in [-0.39, 0.29) is 12.1 Å². The van der Waals surface area contributed by atoms with Gasteiger partial charge in [0.2, 0.25) is 5.91 Å². The van der Waals surface area contributed by atoms with Crippen LogP contribution in [0.2, 0.25) is 5.02 Å². The van der Waals surface area contributed by atoms with Crippen molar-refractivity contribution in [2.45, 2.75) is 13.5 Å². The number of amides is 1. The number of aryl methyl sites for hydroxylation is 1. The first-order valence-electron chi connectivity index (χ1n) is 6.05. The van der Waals surface area contributed by atoms with Gasteiger partial charge in [0.25, 0.3) is 0 Å². The standard InChI is InChI=1S/C15H14ClFN2O/c1-9-2-5-12(16)14(6-9)19-8-11-4-3-10(15(18)20)7-13(11)17/h2-7,19H,8H2,1H3,(H2,18,20). The Morgan fingerprint density at radius 2 is 2.05 bits per heavy atom. The first-order valence-corrected chi connectivity index (χ1v) is 6.43. The quantitative estimate of drug-likeness (QED) is 0.906. The molecular weight excluding hydrogens is 279 g/mol. The molecule has 0 bridgehead atoms. The van der Waals surface area contributed by atoms with Crippen molar-refractivity contribution in [3.8, 4) is 0 Å². The Bertz CT molecular complexity index is 658. The molecule has 1 amide bonds. The molecule has 2 rings (SSSR count). The zero-order chi connectivity index (χ0) is 14.7. The van der Waals surface area contributed by atoms with Crippen LogP contribution < -0.4 is 11.1 Å². The third-order valence-corrected chi connectivity index (χ3v) is 3.26. The summed E-state index contributed by atoms with van der Waals surface area (Å²) >= 11 is 6.05. The van der Waals surface area contributed by atoms with E-state index < -0.39 is 11.7 Å². The number of hydrogen-bond acceptors (Lipinski definition) is 2. The molecule has 0 aliphatic rings. The van der Waals surface area contributed by atoms with Crippen LogP contribution in [-0.4, -0.2) is 5.91 Å². The summed E-state index contributed by atoms with van der Waals surface area (Å²) < 4.78 is 13.8. The molecule has 0 saturated heterocycles. The van der Waals surface area contributed by atoms with Crippen LogP contribution in [0.3, 0.4) is 0 Å². The lowest BCUT2D eigenvalue weighted by Gasteiger charge is -2.10. The fourth-order valence-corrected chi connectivity index (χ4v) is 1.99. The van der Waals surface area contributed by atoms with Gasteiger partial charge in [0.05, 0.1) is 10.7 Å². The zero-order valence-electron chi connectivity index (χ0n) is 10.9. The van der Waals surface area contributed by atoms with Crippen LogP contribution in [0.15, 0.2) is 36.4 Å². The van der Waals surface area contributed by atoms with Gasteiger partial charge < -0.3 is 11.1 Å². The minimum Gasteiger partial charge on any atom is -0.380 e. The maximum atomic E-state index is 13.8. The molecule has 0 radical (unpaired) electrons. The van der Waals surface area contributed by atoms with E-state index in [2.05, 4.69) is 5.32 Å². The second-order valence-electron chi connectivity index (χ2n) is 4.51. The number of primary amides is 1.